The summed E-state index contributed by atoms with van der Waals surface area (Å²) < 4.78 is 0. The third-order valence-electron chi connectivity index (χ3n) is 3.20. The molecule has 0 saturated carbocycles. The van der Waals surface area contributed by atoms with Gasteiger partial charge < -0.3 is 10.2 Å². The first-order valence-corrected chi connectivity index (χ1v) is 7.79. The van der Waals surface area contributed by atoms with Crippen LogP contribution in [0.15, 0.2) is 0 Å². The van der Waals surface area contributed by atoms with Crippen LogP contribution < -0.4 is 5.32 Å². The van der Waals surface area contributed by atoms with Gasteiger partial charge in [-0.2, -0.15) is 0 Å². The Labute approximate surface area is 116 Å². The van der Waals surface area contributed by atoms with E-state index in [1.807, 2.05) is 11.3 Å². The first-order chi connectivity index (χ1) is 8.58. The Bertz CT molecular complexity index is 349. The molecule has 4 heteroatoms. The summed E-state index contributed by atoms with van der Waals surface area (Å²) in [5, 5.41) is 4.77. The molecule has 18 heavy (non-hydrogen) atoms. The third-order valence-corrected chi connectivity index (χ3v) is 4.45. The number of rotatable bonds is 8. The van der Waals surface area contributed by atoms with Crippen molar-refractivity contribution in [2.45, 2.75) is 47.1 Å². The van der Waals surface area contributed by atoms with Gasteiger partial charge in [-0.3, -0.25) is 0 Å². The summed E-state index contributed by atoms with van der Waals surface area (Å²) >= 11 is 1.81. The summed E-state index contributed by atoms with van der Waals surface area (Å²) in [6.07, 6.45) is 1.23. The molecule has 0 saturated heterocycles. The van der Waals surface area contributed by atoms with E-state index in [0.29, 0.717) is 6.04 Å². The number of nitrogens with zero attached hydrogens (tertiary/aromatic N) is 2. The molecule has 1 N–H and O–H groups in total. The Balaban J connectivity index is 2.37. The van der Waals surface area contributed by atoms with Crippen LogP contribution in [0.4, 0.5) is 0 Å². The predicted molar refractivity (Wildman–Crippen MR) is 80.4 cm³/mol. The predicted octanol–water partition coefficient (Wildman–Crippen LogP) is 3.14. The molecule has 1 aromatic rings. The van der Waals surface area contributed by atoms with E-state index in [-0.39, 0.29) is 0 Å². The lowest BCUT2D eigenvalue weighted by molar-refractivity contribution is 0.284. The second-order valence-corrected chi connectivity index (χ2v) is 6.03. The second-order valence-electron chi connectivity index (χ2n) is 4.79. The molecule has 0 aromatic carbocycles. The van der Waals surface area contributed by atoms with Crippen molar-refractivity contribution in [1.29, 1.82) is 0 Å². The molecule has 0 fully saturated rings. The van der Waals surface area contributed by atoms with Gasteiger partial charge in [0, 0.05) is 24.0 Å². The highest BCUT2D eigenvalue weighted by molar-refractivity contribution is 7.11. The lowest BCUT2D eigenvalue weighted by atomic mass is 10.2. The summed E-state index contributed by atoms with van der Waals surface area (Å²) in [6.45, 7) is 15.4. The summed E-state index contributed by atoms with van der Waals surface area (Å²) in [4.78, 5) is 8.36. The van der Waals surface area contributed by atoms with Crippen LogP contribution in [-0.2, 0) is 0 Å². The molecule has 0 spiro atoms. The molecule has 1 rings (SSSR count). The molecule has 1 atom stereocenters. The van der Waals surface area contributed by atoms with Crippen LogP contribution in [0.2, 0.25) is 0 Å². The van der Waals surface area contributed by atoms with Gasteiger partial charge in [-0.05, 0) is 40.3 Å². The van der Waals surface area contributed by atoms with E-state index in [1.54, 1.807) is 0 Å². The second kappa shape index (κ2) is 7.87. The number of nitrogens with one attached hydrogen (secondary N) is 1. The largest absolute Gasteiger partial charge is 0.308 e. The van der Waals surface area contributed by atoms with Crippen molar-refractivity contribution >= 4 is 11.3 Å². The Morgan fingerprint density at radius 1 is 1.28 bits per heavy atom. The van der Waals surface area contributed by atoms with Gasteiger partial charge in [0.2, 0.25) is 0 Å². The number of aromatic nitrogens is 1. The van der Waals surface area contributed by atoms with Gasteiger partial charge in [0.05, 0.1) is 10.7 Å². The van der Waals surface area contributed by atoms with Crippen LogP contribution in [-0.4, -0.2) is 36.1 Å². The Morgan fingerprint density at radius 2 is 2.00 bits per heavy atom. The molecule has 0 amide bonds. The van der Waals surface area contributed by atoms with E-state index in [2.05, 4.69) is 49.8 Å². The van der Waals surface area contributed by atoms with Crippen molar-refractivity contribution in [2.75, 3.05) is 26.2 Å². The van der Waals surface area contributed by atoms with Crippen molar-refractivity contribution in [3.8, 4) is 0 Å². The maximum atomic E-state index is 4.49. The first kappa shape index (κ1) is 15.6. The van der Waals surface area contributed by atoms with Gasteiger partial charge in [0.25, 0.3) is 0 Å². The summed E-state index contributed by atoms with van der Waals surface area (Å²) in [6, 6.07) is 0.413. The standard InChI is InChI=1S/C14H27N3S/c1-6-9-17(7-2)10-8-15-11(3)14-12(4)16-13(5)18-14/h11,15H,6-10H2,1-5H3. The first-order valence-electron chi connectivity index (χ1n) is 6.98. The smallest absolute Gasteiger partial charge is 0.0900 e. The molecule has 1 unspecified atom stereocenters. The van der Waals surface area contributed by atoms with Crippen LogP contribution >= 0.6 is 11.3 Å². The molecule has 0 radical (unpaired) electrons. The molecule has 0 bridgehead atoms. The highest BCUT2D eigenvalue weighted by atomic mass is 32.1. The van der Waals surface area contributed by atoms with E-state index >= 15 is 0 Å². The normalized spacial score (nSPS) is 13.2. The summed E-state index contributed by atoms with van der Waals surface area (Å²) in [7, 11) is 0. The fourth-order valence-electron chi connectivity index (χ4n) is 2.22. The topological polar surface area (TPSA) is 28.2 Å². The Kier molecular flexibility index (Phi) is 6.82. The summed E-state index contributed by atoms with van der Waals surface area (Å²) in [5.74, 6) is 0. The van der Waals surface area contributed by atoms with Crippen molar-refractivity contribution in [2.24, 2.45) is 0 Å². The average Bonchev–Trinajstić information content (AvgIpc) is 2.67. The van der Waals surface area contributed by atoms with Crippen LogP contribution in [0.25, 0.3) is 0 Å². The van der Waals surface area contributed by atoms with E-state index in [4.69, 9.17) is 0 Å². The van der Waals surface area contributed by atoms with Crippen LogP contribution in [0.3, 0.4) is 0 Å². The lowest BCUT2D eigenvalue weighted by Crippen LogP contribution is -2.33. The molecule has 104 valence electrons. The quantitative estimate of drug-likeness (QED) is 0.786. The zero-order valence-corrected chi connectivity index (χ0v) is 13.2. The minimum absolute atomic E-state index is 0.413. The molecule has 0 aliphatic heterocycles. The zero-order valence-electron chi connectivity index (χ0n) is 12.4. The van der Waals surface area contributed by atoms with Gasteiger partial charge in [0.15, 0.2) is 0 Å². The molecule has 0 aliphatic rings. The highest BCUT2D eigenvalue weighted by Crippen LogP contribution is 2.24. The van der Waals surface area contributed by atoms with Crippen molar-refractivity contribution in [1.82, 2.24) is 15.2 Å². The molecule has 3 nitrogen and oxygen atoms in total. The number of hydrogen-bond acceptors (Lipinski definition) is 4. The monoisotopic (exact) mass is 269 g/mol. The minimum Gasteiger partial charge on any atom is -0.308 e. The molecule has 0 aliphatic carbocycles. The molecular formula is C14H27N3S. The van der Waals surface area contributed by atoms with Gasteiger partial charge >= 0.3 is 0 Å². The zero-order chi connectivity index (χ0) is 13.5. The van der Waals surface area contributed by atoms with Crippen LogP contribution in [0.5, 0.6) is 0 Å². The van der Waals surface area contributed by atoms with Gasteiger partial charge in [-0.1, -0.05) is 13.8 Å². The minimum atomic E-state index is 0.413. The third kappa shape index (κ3) is 4.67. The number of thiazole rings is 1. The maximum Gasteiger partial charge on any atom is 0.0900 e. The molecular weight excluding hydrogens is 242 g/mol. The van der Waals surface area contributed by atoms with Crippen LogP contribution in [0.1, 0.15) is 48.8 Å². The lowest BCUT2D eigenvalue weighted by Gasteiger charge is -2.21. The van der Waals surface area contributed by atoms with E-state index in [0.717, 1.165) is 24.6 Å². The Morgan fingerprint density at radius 3 is 2.50 bits per heavy atom. The summed E-state index contributed by atoms with van der Waals surface area (Å²) in [5.41, 5.74) is 1.18. The number of aryl methyl sites for hydroxylation is 2. The van der Waals surface area contributed by atoms with Crippen LogP contribution in [0, 0.1) is 13.8 Å². The average molecular weight is 269 g/mol. The SMILES string of the molecule is CCCN(CC)CCNC(C)c1sc(C)nc1C. The fraction of sp³-hybridized carbons (Fsp3) is 0.786. The van der Waals surface area contributed by atoms with E-state index in [1.165, 1.54) is 23.5 Å². The maximum absolute atomic E-state index is 4.49. The van der Waals surface area contributed by atoms with Crippen molar-refractivity contribution in [3.63, 3.8) is 0 Å². The number of likely N-dealkylation sites (N-methyl/N-ethyl adjacent to an activating group) is 1. The van der Waals surface area contributed by atoms with Gasteiger partial charge in [-0.25, -0.2) is 4.98 Å². The fourth-order valence-corrected chi connectivity index (χ4v) is 3.18. The number of hydrogen-bond donors (Lipinski definition) is 1. The van der Waals surface area contributed by atoms with Crippen molar-refractivity contribution in [3.05, 3.63) is 15.6 Å². The van der Waals surface area contributed by atoms with Gasteiger partial charge in [-0.15, -0.1) is 11.3 Å². The highest BCUT2D eigenvalue weighted by Gasteiger charge is 2.12. The van der Waals surface area contributed by atoms with E-state index in [9.17, 15) is 0 Å². The Hall–Kier alpha value is -0.450. The van der Waals surface area contributed by atoms with E-state index < -0.39 is 0 Å². The van der Waals surface area contributed by atoms with Crippen molar-refractivity contribution < 1.29 is 0 Å². The molecule has 1 heterocycles. The van der Waals surface area contributed by atoms with Gasteiger partial charge in [0.1, 0.15) is 0 Å². The molecule has 1 aromatic heterocycles.